The fourth-order valence-electron chi connectivity index (χ4n) is 2.42. The number of benzene rings is 1. The molecule has 0 aliphatic carbocycles. The summed E-state index contributed by atoms with van der Waals surface area (Å²) in [6, 6.07) is 8.07. The maximum Gasteiger partial charge on any atom is 0.206 e. The number of nitrogens with zero attached hydrogens (tertiary/aromatic N) is 3. The maximum atomic E-state index is 5.25. The van der Waals surface area contributed by atoms with Crippen molar-refractivity contribution in [2.45, 2.75) is 19.3 Å². The Balaban J connectivity index is 1.69. The summed E-state index contributed by atoms with van der Waals surface area (Å²) in [5.41, 5.74) is 1.17. The van der Waals surface area contributed by atoms with E-state index in [9.17, 15) is 0 Å². The Bertz CT molecular complexity index is 579. The van der Waals surface area contributed by atoms with Gasteiger partial charge in [0, 0.05) is 24.5 Å². The van der Waals surface area contributed by atoms with Crippen molar-refractivity contribution in [2.24, 2.45) is 0 Å². The van der Waals surface area contributed by atoms with E-state index < -0.39 is 0 Å². The number of aromatic nitrogens is 2. The molecule has 6 heteroatoms. The van der Waals surface area contributed by atoms with Gasteiger partial charge in [-0.1, -0.05) is 12.1 Å². The second kappa shape index (κ2) is 6.87. The molecule has 0 bridgehead atoms. The Kier molecular flexibility index (Phi) is 4.67. The van der Waals surface area contributed by atoms with E-state index in [1.807, 2.05) is 18.2 Å². The lowest BCUT2D eigenvalue weighted by molar-refractivity contribution is 0.414. The first kappa shape index (κ1) is 14.3. The van der Waals surface area contributed by atoms with E-state index in [-0.39, 0.29) is 0 Å². The maximum absolute atomic E-state index is 5.25. The quantitative estimate of drug-likeness (QED) is 0.939. The van der Waals surface area contributed by atoms with Crippen LogP contribution in [-0.2, 0) is 6.42 Å². The molecule has 2 heterocycles. The molecule has 1 aliphatic heterocycles. The lowest BCUT2D eigenvalue weighted by atomic mass is 10.1. The highest BCUT2D eigenvalue weighted by molar-refractivity contribution is 7.09. The van der Waals surface area contributed by atoms with Crippen LogP contribution in [-0.4, -0.2) is 36.2 Å². The Hall–Kier alpha value is -1.66. The summed E-state index contributed by atoms with van der Waals surface area (Å²) in [4.78, 5) is 6.96. The van der Waals surface area contributed by atoms with Crippen molar-refractivity contribution in [3.8, 4) is 5.75 Å². The molecule has 1 fully saturated rings. The largest absolute Gasteiger partial charge is 0.497 e. The zero-order chi connectivity index (χ0) is 14.5. The second-order valence-corrected chi connectivity index (χ2v) is 5.88. The molecule has 1 aromatic heterocycles. The average molecular weight is 304 g/mol. The van der Waals surface area contributed by atoms with Crippen LogP contribution < -0.4 is 15.0 Å². The third-order valence-electron chi connectivity index (χ3n) is 3.56. The second-order valence-electron chi connectivity index (χ2n) is 5.15. The van der Waals surface area contributed by atoms with E-state index >= 15 is 0 Å². The number of anilines is 1. The first-order valence-corrected chi connectivity index (χ1v) is 8.03. The van der Waals surface area contributed by atoms with Crippen molar-refractivity contribution < 1.29 is 4.74 Å². The van der Waals surface area contributed by atoms with Crippen molar-refractivity contribution in [1.82, 2.24) is 14.7 Å². The van der Waals surface area contributed by atoms with Gasteiger partial charge in [0.2, 0.25) is 5.13 Å². The summed E-state index contributed by atoms with van der Waals surface area (Å²) in [6.45, 7) is 3.01. The van der Waals surface area contributed by atoms with Gasteiger partial charge in [-0.25, -0.2) is 4.98 Å². The summed E-state index contributed by atoms with van der Waals surface area (Å²) in [5.74, 6) is 1.76. The van der Waals surface area contributed by atoms with E-state index in [1.54, 1.807) is 7.11 Å². The number of nitrogens with one attached hydrogen (secondary N) is 1. The third kappa shape index (κ3) is 3.71. The molecule has 3 rings (SSSR count). The van der Waals surface area contributed by atoms with Crippen LogP contribution in [0.3, 0.4) is 0 Å². The van der Waals surface area contributed by atoms with Gasteiger partial charge < -0.3 is 9.64 Å². The first-order chi connectivity index (χ1) is 10.3. The standard InChI is InChI=1S/C15H20N4OS/c1-20-13-6-4-5-12(9-13)10-14-17-15(21-18-14)19-8-3-2-7-16-11-19/h4-6,9,16H,2-3,7-8,10-11H2,1H3. The minimum atomic E-state index is 0.745. The number of hydrogen-bond donors (Lipinski definition) is 1. The van der Waals surface area contributed by atoms with Crippen LogP contribution in [0.2, 0.25) is 0 Å². The fraction of sp³-hybridized carbons (Fsp3) is 0.467. The Morgan fingerprint density at radius 2 is 2.33 bits per heavy atom. The van der Waals surface area contributed by atoms with Crippen LogP contribution in [0.15, 0.2) is 24.3 Å². The van der Waals surface area contributed by atoms with Crippen molar-refractivity contribution >= 4 is 16.7 Å². The van der Waals surface area contributed by atoms with Crippen molar-refractivity contribution in [2.75, 3.05) is 31.8 Å². The van der Waals surface area contributed by atoms with Gasteiger partial charge in [-0.3, -0.25) is 5.32 Å². The molecule has 0 radical (unpaired) electrons. The van der Waals surface area contributed by atoms with Gasteiger partial charge in [0.15, 0.2) is 0 Å². The monoisotopic (exact) mass is 304 g/mol. The lowest BCUT2D eigenvalue weighted by Gasteiger charge is -2.17. The van der Waals surface area contributed by atoms with E-state index in [0.29, 0.717) is 0 Å². The number of methoxy groups -OCH3 is 1. The molecule has 5 nitrogen and oxygen atoms in total. The molecule has 0 saturated carbocycles. The highest BCUT2D eigenvalue weighted by Crippen LogP contribution is 2.21. The molecule has 1 saturated heterocycles. The van der Waals surface area contributed by atoms with Crippen LogP contribution in [0.4, 0.5) is 5.13 Å². The van der Waals surface area contributed by atoms with E-state index in [4.69, 9.17) is 4.74 Å². The van der Waals surface area contributed by atoms with Gasteiger partial charge in [0.05, 0.1) is 13.8 Å². The van der Waals surface area contributed by atoms with Crippen molar-refractivity contribution in [3.63, 3.8) is 0 Å². The highest BCUT2D eigenvalue weighted by atomic mass is 32.1. The average Bonchev–Trinajstić information content (AvgIpc) is 2.81. The molecule has 0 amide bonds. The zero-order valence-corrected chi connectivity index (χ0v) is 13.0. The normalized spacial score (nSPS) is 15.8. The van der Waals surface area contributed by atoms with Crippen LogP contribution in [0, 0.1) is 0 Å². The van der Waals surface area contributed by atoms with Gasteiger partial charge >= 0.3 is 0 Å². The minimum absolute atomic E-state index is 0.745. The summed E-state index contributed by atoms with van der Waals surface area (Å²) >= 11 is 1.49. The third-order valence-corrected chi connectivity index (χ3v) is 4.37. The molecular weight excluding hydrogens is 284 g/mol. The zero-order valence-electron chi connectivity index (χ0n) is 12.2. The molecule has 1 aliphatic rings. The SMILES string of the molecule is COc1cccc(Cc2nsc(N3CCCCNC3)n2)c1. The Labute approximate surface area is 129 Å². The molecule has 2 aromatic rings. The van der Waals surface area contributed by atoms with Crippen LogP contribution in [0.25, 0.3) is 0 Å². The summed E-state index contributed by atoms with van der Waals surface area (Å²) < 4.78 is 9.75. The van der Waals surface area contributed by atoms with Gasteiger partial charge in [-0.2, -0.15) is 4.37 Å². The fourth-order valence-corrected chi connectivity index (χ4v) is 3.13. The summed E-state index contributed by atoms with van der Waals surface area (Å²) in [5, 5.41) is 4.43. The Morgan fingerprint density at radius 3 is 3.24 bits per heavy atom. The molecule has 21 heavy (non-hydrogen) atoms. The smallest absolute Gasteiger partial charge is 0.206 e. The van der Waals surface area contributed by atoms with Crippen LogP contribution in [0.1, 0.15) is 24.2 Å². The van der Waals surface area contributed by atoms with Gasteiger partial charge in [-0.15, -0.1) is 0 Å². The first-order valence-electron chi connectivity index (χ1n) is 7.26. The van der Waals surface area contributed by atoms with Crippen molar-refractivity contribution in [1.29, 1.82) is 0 Å². The topological polar surface area (TPSA) is 50.3 Å². The number of ether oxygens (including phenoxy) is 1. The summed E-state index contributed by atoms with van der Waals surface area (Å²) in [7, 11) is 1.69. The van der Waals surface area contributed by atoms with E-state index in [2.05, 4.69) is 25.6 Å². The van der Waals surface area contributed by atoms with E-state index in [1.165, 1.54) is 29.9 Å². The predicted molar refractivity (Wildman–Crippen MR) is 85.2 cm³/mol. The van der Waals surface area contributed by atoms with Gasteiger partial charge in [0.25, 0.3) is 0 Å². The summed E-state index contributed by atoms with van der Waals surface area (Å²) in [6.07, 6.45) is 3.18. The minimum Gasteiger partial charge on any atom is -0.497 e. The van der Waals surface area contributed by atoms with Crippen LogP contribution >= 0.6 is 11.5 Å². The number of rotatable bonds is 4. The molecule has 0 atom stereocenters. The van der Waals surface area contributed by atoms with E-state index in [0.717, 1.165) is 42.9 Å². The predicted octanol–water partition coefficient (Wildman–Crippen LogP) is 2.28. The number of hydrogen-bond acceptors (Lipinski definition) is 6. The molecule has 0 spiro atoms. The van der Waals surface area contributed by atoms with Crippen molar-refractivity contribution in [3.05, 3.63) is 35.7 Å². The Morgan fingerprint density at radius 1 is 1.38 bits per heavy atom. The van der Waals surface area contributed by atoms with Crippen LogP contribution in [0.5, 0.6) is 5.75 Å². The molecule has 1 aromatic carbocycles. The van der Waals surface area contributed by atoms with Gasteiger partial charge in [0.1, 0.15) is 11.6 Å². The molecule has 0 unspecified atom stereocenters. The molecule has 112 valence electrons. The lowest BCUT2D eigenvalue weighted by Crippen LogP contribution is -2.32. The van der Waals surface area contributed by atoms with Gasteiger partial charge in [-0.05, 0) is 37.1 Å². The highest BCUT2D eigenvalue weighted by Gasteiger charge is 2.14. The molecular formula is C15H20N4OS. The molecule has 1 N–H and O–H groups in total.